The Morgan fingerprint density at radius 2 is 1.92 bits per heavy atom. The molecule has 0 bridgehead atoms. The zero-order valence-corrected chi connectivity index (χ0v) is 15.4. The average Bonchev–Trinajstić information content (AvgIpc) is 3.28. The monoisotopic (exact) mass is 372 g/mol. The van der Waals surface area contributed by atoms with Crippen LogP contribution >= 0.6 is 12.4 Å². The highest BCUT2D eigenvalue weighted by atomic mass is 35.5. The van der Waals surface area contributed by atoms with Crippen LogP contribution in [0.25, 0.3) is 0 Å². The summed E-state index contributed by atoms with van der Waals surface area (Å²) in [5.74, 6) is 1.69. The summed E-state index contributed by atoms with van der Waals surface area (Å²) in [6, 6.07) is 5.72. The van der Waals surface area contributed by atoms with E-state index in [0.717, 1.165) is 43.0 Å². The van der Waals surface area contributed by atoms with Gasteiger partial charge in [-0.3, -0.25) is 0 Å². The van der Waals surface area contributed by atoms with Gasteiger partial charge in [-0.25, -0.2) is 8.42 Å². The van der Waals surface area contributed by atoms with Crippen LogP contribution in [0.5, 0.6) is 5.75 Å². The second-order valence-corrected chi connectivity index (χ2v) is 8.84. The first kappa shape index (κ1) is 18.0. The predicted octanol–water partition coefficient (Wildman–Crippen LogP) is 2.20. The molecule has 2 heterocycles. The maximum atomic E-state index is 12.8. The van der Waals surface area contributed by atoms with Crippen molar-refractivity contribution in [1.82, 2.24) is 9.62 Å². The molecular formula is C17H25ClN2O3S. The summed E-state index contributed by atoms with van der Waals surface area (Å²) in [6.07, 6.45) is 5.30. The van der Waals surface area contributed by atoms with Gasteiger partial charge in [-0.1, -0.05) is 0 Å². The number of fused-ring (bicyclic) bond motifs is 1. The second kappa shape index (κ2) is 7.20. The Hall–Kier alpha value is -0.820. The molecule has 1 saturated carbocycles. The molecule has 1 aliphatic carbocycles. The Bertz CT molecular complexity index is 683. The lowest BCUT2D eigenvalue weighted by atomic mass is 10.1. The molecule has 7 heteroatoms. The zero-order chi connectivity index (χ0) is 15.9. The van der Waals surface area contributed by atoms with Crippen molar-refractivity contribution in [2.45, 2.75) is 43.0 Å². The summed E-state index contributed by atoms with van der Waals surface area (Å²) in [5, 5.41) is 3.59. The Labute approximate surface area is 150 Å². The first-order valence-corrected chi connectivity index (χ1v) is 10.1. The Morgan fingerprint density at radius 3 is 2.62 bits per heavy atom. The Balaban J connectivity index is 0.00000169. The van der Waals surface area contributed by atoms with Crippen LogP contribution in [0.1, 0.15) is 31.2 Å². The van der Waals surface area contributed by atoms with Crippen molar-refractivity contribution in [2.75, 3.05) is 26.2 Å². The smallest absolute Gasteiger partial charge is 0.243 e. The summed E-state index contributed by atoms with van der Waals surface area (Å²) < 4.78 is 32.8. The van der Waals surface area contributed by atoms with Gasteiger partial charge >= 0.3 is 0 Å². The zero-order valence-electron chi connectivity index (χ0n) is 13.7. The summed E-state index contributed by atoms with van der Waals surface area (Å²) in [6.45, 7) is 2.97. The third-order valence-corrected chi connectivity index (χ3v) is 7.04. The van der Waals surface area contributed by atoms with Crippen LogP contribution in [-0.4, -0.2) is 45.0 Å². The fourth-order valence-electron chi connectivity index (χ4n) is 3.43. The minimum absolute atomic E-state index is 0. The number of ether oxygens (including phenoxy) is 1. The van der Waals surface area contributed by atoms with Gasteiger partial charge in [0, 0.05) is 25.6 Å². The number of nitrogens with zero attached hydrogens (tertiary/aromatic N) is 1. The van der Waals surface area contributed by atoms with Crippen LogP contribution in [0.15, 0.2) is 23.1 Å². The van der Waals surface area contributed by atoms with Gasteiger partial charge in [0.25, 0.3) is 0 Å². The third kappa shape index (κ3) is 3.72. The molecule has 2 aliphatic heterocycles. The fourth-order valence-corrected chi connectivity index (χ4v) is 4.95. The molecule has 134 valence electrons. The lowest BCUT2D eigenvalue weighted by Gasteiger charge is -2.31. The Kier molecular flexibility index (Phi) is 5.39. The number of piperidine rings is 1. The number of nitrogens with one attached hydrogen (secondary N) is 1. The quantitative estimate of drug-likeness (QED) is 0.860. The maximum absolute atomic E-state index is 12.8. The molecule has 1 aromatic rings. The largest absolute Gasteiger partial charge is 0.493 e. The van der Waals surface area contributed by atoms with Crippen molar-refractivity contribution in [3.63, 3.8) is 0 Å². The highest BCUT2D eigenvalue weighted by Gasteiger charge is 2.31. The number of halogens is 1. The van der Waals surface area contributed by atoms with Crippen molar-refractivity contribution >= 4 is 22.4 Å². The SMILES string of the molecule is Cl.O=S(=O)(c1ccc2c(c1)CCO2)N1CCC(NCC2CC2)CC1. The molecule has 0 amide bonds. The van der Waals surface area contributed by atoms with Crippen molar-refractivity contribution in [2.24, 2.45) is 5.92 Å². The van der Waals surface area contributed by atoms with Crippen LogP contribution < -0.4 is 10.1 Å². The molecule has 5 nitrogen and oxygen atoms in total. The molecule has 0 aromatic heterocycles. The predicted molar refractivity (Wildman–Crippen MR) is 95.4 cm³/mol. The number of hydrogen-bond donors (Lipinski definition) is 1. The van der Waals surface area contributed by atoms with E-state index in [1.54, 1.807) is 22.5 Å². The highest BCUT2D eigenvalue weighted by molar-refractivity contribution is 7.89. The number of sulfonamides is 1. The summed E-state index contributed by atoms with van der Waals surface area (Å²) in [4.78, 5) is 0.408. The minimum Gasteiger partial charge on any atom is -0.493 e. The number of rotatable bonds is 5. The molecule has 0 unspecified atom stereocenters. The molecule has 1 N–H and O–H groups in total. The fraction of sp³-hybridized carbons (Fsp3) is 0.647. The minimum atomic E-state index is -3.38. The molecule has 0 radical (unpaired) electrons. The van der Waals surface area contributed by atoms with Crippen molar-refractivity contribution in [3.8, 4) is 5.75 Å². The van der Waals surface area contributed by atoms with Gasteiger partial charge in [0.2, 0.25) is 10.0 Å². The standard InChI is InChI=1S/C17H24N2O3S.ClH/c20-23(21,16-3-4-17-14(11-16)7-10-22-17)19-8-5-15(6-9-19)18-12-13-1-2-13;/h3-4,11,13,15,18H,1-2,5-10,12H2;1H. The number of benzene rings is 1. The first-order valence-electron chi connectivity index (χ1n) is 8.62. The molecule has 4 rings (SSSR count). The molecule has 1 saturated heterocycles. The van der Waals surface area contributed by atoms with Crippen molar-refractivity contribution < 1.29 is 13.2 Å². The summed E-state index contributed by atoms with van der Waals surface area (Å²) in [5.41, 5.74) is 1.01. The van der Waals surface area contributed by atoms with Crippen molar-refractivity contribution in [3.05, 3.63) is 23.8 Å². The van der Waals surface area contributed by atoms with E-state index in [9.17, 15) is 8.42 Å². The maximum Gasteiger partial charge on any atom is 0.243 e. The van der Waals surface area contributed by atoms with E-state index in [1.807, 2.05) is 0 Å². The normalized spacial score (nSPS) is 21.8. The first-order chi connectivity index (χ1) is 11.1. The van der Waals surface area contributed by atoms with E-state index in [-0.39, 0.29) is 12.4 Å². The molecule has 3 aliphatic rings. The highest BCUT2D eigenvalue weighted by Crippen LogP contribution is 2.30. The molecule has 24 heavy (non-hydrogen) atoms. The topological polar surface area (TPSA) is 58.6 Å². The van der Waals surface area contributed by atoms with E-state index < -0.39 is 10.0 Å². The lowest BCUT2D eigenvalue weighted by Crippen LogP contribution is -2.45. The van der Waals surface area contributed by atoms with E-state index in [4.69, 9.17) is 4.74 Å². The summed E-state index contributed by atoms with van der Waals surface area (Å²) >= 11 is 0. The average molecular weight is 373 g/mol. The van der Waals surface area contributed by atoms with Gasteiger partial charge in [0.15, 0.2) is 0 Å². The van der Waals surface area contributed by atoms with Gasteiger partial charge in [-0.05, 0) is 61.9 Å². The molecule has 0 atom stereocenters. The molecule has 2 fully saturated rings. The lowest BCUT2D eigenvalue weighted by molar-refractivity contribution is 0.288. The van der Waals surface area contributed by atoms with Crippen LogP contribution in [-0.2, 0) is 16.4 Å². The van der Waals surface area contributed by atoms with Gasteiger partial charge in [0.05, 0.1) is 11.5 Å². The number of hydrogen-bond acceptors (Lipinski definition) is 4. The third-order valence-electron chi connectivity index (χ3n) is 5.14. The van der Waals surface area contributed by atoms with E-state index in [1.165, 1.54) is 12.8 Å². The molecular weight excluding hydrogens is 348 g/mol. The summed E-state index contributed by atoms with van der Waals surface area (Å²) in [7, 11) is -3.38. The van der Waals surface area contributed by atoms with E-state index in [2.05, 4.69) is 5.32 Å². The van der Waals surface area contributed by atoms with Crippen LogP contribution in [0.4, 0.5) is 0 Å². The van der Waals surface area contributed by atoms with Crippen LogP contribution in [0.2, 0.25) is 0 Å². The van der Waals surface area contributed by atoms with Gasteiger partial charge < -0.3 is 10.1 Å². The molecule has 0 spiro atoms. The van der Waals surface area contributed by atoms with Crippen LogP contribution in [0, 0.1) is 5.92 Å². The van der Waals surface area contributed by atoms with Gasteiger partial charge in [0.1, 0.15) is 5.75 Å². The van der Waals surface area contributed by atoms with E-state index in [0.29, 0.717) is 30.6 Å². The van der Waals surface area contributed by atoms with E-state index >= 15 is 0 Å². The van der Waals surface area contributed by atoms with Crippen LogP contribution in [0.3, 0.4) is 0 Å². The van der Waals surface area contributed by atoms with Gasteiger partial charge in [-0.15, -0.1) is 12.4 Å². The van der Waals surface area contributed by atoms with Gasteiger partial charge in [-0.2, -0.15) is 4.31 Å². The second-order valence-electron chi connectivity index (χ2n) is 6.90. The molecule has 1 aromatic carbocycles. The van der Waals surface area contributed by atoms with Crippen molar-refractivity contribution in [1.29, 1.82) is 0 Å². The Morgan fingerprint density at radius 1 is 1.17 bits per heavy atom.